The second-order valence-electron chi connectivity index (χ2n) is 3.97. The van der Waals surface area contributed by atoms with E-state index in [9.17, 15) is 4.39 Å². The molecule has 0 aliphatic heterocycles. The zero-order valence-electron chi connectivity index (χ0n) is 10.3. The summed E-state index contributed by atoms with van der Waals surface area (Å²) in [4.78, 5) is 9.84. The first-order chi connectivity index (χ1) is 9.22. The molecule has 0 saturated carbocycles. The van der Waals surface area contributed by atoms with E-state index in [1.807, 2.05) is 4.90 Å². The Bertz CT molecular complexity index is 550. The average molecular weight is 281 g/mol. The Morgan fingerprint density at radius 3 is 2.89 bits per heavy atom. The third kappa shape index (κ3) is 3.39. The summed E-state index contributed by atoms with van der Waals surface area (Å²) in [5, 5.41) is 0.420. The lowest BCUT2D eigenvalue weighted by molar-refractivity contribution is 0.627. The van der Waals surface area contributed by atoms with Crippen LogP contribution in [0.2, 0.25) is 5.02 Å². The van der Waals surface area contributed by atoms with Crippen molar-refractivity contribution in [2.24, 2.45) is 5.73 Å². The maximum Gasteiger partial charge on any atom is 0.155 e. The van der Waals surface area contributed by atoms with E-state index < -0.39 is 0 Å². The number of nitrogens with two attached hydrogens (primary N) is 1. The Morgan fingerprint density at radius 2 is 2.21 bits per heavy atom. The number of hydrogen-bond acceptors (Lipinski definition) is 4. The van der Waals surface area contributed by atoms with Crippen LogP contribution in [0, 0.1) is 5.82 Å². The molecule has 19 heavy (non-hydrogen) atoms. The Kier molecular flexibility index (Phi) is 4.65. The molecular weight excluding hydrogens is 267 g/mol. The summed E-state index contributed by atoms with van der Waals surface area (Å²) in [6.45, 7) is 1.14. The van der Waals surface area contributed by atoms with Crippen LogP contribution in [0.5, 0.6) is 0 Å². The molecule has 0 radical (unpaired) electrons. The molecule has 4 nitrogen and oxygen atoms in total. The fourth-order valence-electron chi connectivity index (χ4n) is 1.76. The molecule has 0 fully saturated rings. The zero-order valence-corrected chi connectivity index (χ0v) is 11.0. The van der Waals surface area contributed by atoms with E-state index in [2.05, 4.69) is 9.97 Å². The number of anilines is 2. The topological polar surface area (TPSA) is 55.0 Å². The van der Waals surface area contributed by atoms with Crippen molar-refractivity contribution >= 4 is 23.1 Å². The van der Waals surface area contributed by atoms with Crippen molar-refractivity contribution in [2.75, 3.05) is 18.0 Å². The van der Waals surface area contributed by atoms with Crippen LogP contribution in [0.3, 0.4) is 0 Å². The van der Waals surface area contributed by atoms with E-state index in [1.54, 1.807) is 12.1 Å². The molecule has 0 atom stereocenters. The Balaban J connectivity index is 2.38. The third-order valence-electron chi connectivity index (χ3n) is 2.61. The SMILES string of the molecule is NCCCN(c1cccc(F)c1)c1ncncc1Cl. The molecular formula is C13H14ClFN4. The van der Waals surface area contributed by atoms with Crippen LogP contribution in [0.15, 0.2) is 36.8 Å². The minimum absolute atomic E-state index is 0.305. The van der Waals surface area contributed by atoms with Gasteiger partial charge in [-0.15, -0.1) is 0 Å². The number of benzene rings is 1. The third-order valence-corrected chi connectivity index (χ3v) is 2.88. The molecule has 1 aromatic heterocycles. The largest absolute Gasteiger partial charge is 0.330 e. The molecule has 1 aromatic carbocycles. The van der Waals surface area contributed by atoms with E-state index in [4.69, 9.17) is 17.3 Å². The monoisotopic (exact) mass is 280 g/mol. The quantitative estimate of drug-likeness (QED) is 0.915. The van der Waals surface area contributed by atoms with E-state index in [-0.39, 0.29) is 5.82 Å². The molecule has 0 saturated heterocycles. The zero-order chi connectivity index (χ0) is 13.7. The van der Waals surface area contributed by atoms with Crippen LogP contribution in [0.1, 0.15) is 6.42 Å². The smallest absolute Gasteiger partial charge is 0.155 e. The van der Waals surface area contributed by atoms with Crippen molar-refractivity contribution in [3.8, 4) is 0 Å². The van der Waals surface area contributed by atoms with Crippen molar-refractivity contribution in [3.05, 3.63) is 47.6 Å². The number of nitrogens with zero attached hydrogens (tertiary/aromatic N) is 3. The fraction of sp³-hybridized carbons (Fsp3) is 0.231. The Labute approximate surface area is 116 Å². The molecule has 1 heterocycles. The molecule has 0 spiro atoms. The van der Waals surface area contributed by atoms with Gasteiger partial charge in [-0.25, -0.2) is 14.4 Å². The highest BCUT2D eigenvalue weighted by molar-refractivity contribution is 6.32. The van der Waals surface area contributed by atoms with Crippen LogP contribution in [-0.2, 0) is 0 Å². The second kappa shape index (κ2) is 6.45. The molecule has 0 unspecified atom stereocenters. The predicted molar refractivity (Wildman–Crippen MR) is 74.1 cm³/mol. The van der Waals surface area contributed by atoms with E-state index in [1.165, 1.54) is 24.7 Å². The average Bonchev–Trinajstić information content (AvgIpc) is 2.41. The lowest BCUT2D eigenvalue weighted by atomic mass is 10.2. The van der Waals surface area contributed by atoms with E-state index in [0.29, 0.717) is 29.6 Å². The highest BCUT2D eigenvalue weighted by atomic mass is 35.5. The second-order valence-corrected chi connectivity index (χ2v) is 4.38. The Morgan fingerprint density at radius 1 is 1.37 bits per heavy atom. The van der Waals surface area contributed by atoms with Gasteiger partial charge in [0, 0.05) is 12.2 Å². The van der Waals surface area contributed by atoms with Gasteiger partial charge in [0.05, 0.1) is 6.20 Å². The summed E-state index contributed by atoms with van der Waals surface area (Å²) in [7, 11) is 0. The molecule has 0 aliphatic rings. The highest BCUT2D eigenvalue weighted by Crippen LogP contribution is 2.29. The van der Waals surface area contributed by atoms with Crippen LogP contribution in [0.25, 0.3) is 0 Å². The van der Waals surface area contributed by atoms with Gasteiger partial charge < -0.3 is 10.6 Å². The summed E-state index contributed by atoms with van der Waals surface area (Å²) < 4.78 is 13.3. The minimum atomic E-state index is -0.305. The lowest BCUT2D eigenvalue weighted by Crippen LogP contribution is -2.22. The number of aromatic nitrogens is 2. The summed E-state index contributed by atoms with van der Waals surface area (Å²) in [5.74, 6) is 0.246. The summed E-state index contributed by atoms with van der Waals surface area (Å²) >= 11 is 6.10. The molecule has 0 amide bonds. The van der Waals surface area contributed by atoms with Gasteiger partial charge in [0.1, 0.15) is 17.2 Å². The highest BCUT2D eigenvalue weighted by Gasteiger charge is 2.14. The number of hydrogen-bond donors (Lipinski definition) is 1. The summed E-state index contributed by atoms with van der Waals surface area (Å²) in [6, 6.07) is 6.29. The van der Waals surface area contributed by atoms with Gasteiger partial charge in [-0.05, 0) is 31.2 Å². The van der Waals surface area contributed by atoms with Crippen LogP contribution >= 0.6 is 11.6 Å². The van der Waals surface area contributed by atoms with Crippen LogP contribution in [-0.4, -0.2) is 23.1 Å². The van der Waals surface area contributed by atoms with Gasteiger partial charge in [0.25, 0.3) is 0 Å². The first-order valence-electron chi connectivity index (χ1n) is 5.91. The van der Waals surface area contributed by atoms with Gasteiger partial charge in [0.2, 0.25) is 0 Å². The molecule has 0 bridgehead atoms. The lowest BCUT2D eigenvalue weighted by Gasteiger charge is -2.24. The number of halogens is 2. The predicted octanol–water partition coefficient (Wildman–Crippen LogP) is 2.76. The molecule has 0 aliphatic carbocycles. The van der Waals surface area contributed by atoms with Gasteiger partial charge in [-0.2, -0.15) is 0 Å². The van der Waals surface area contributed by atoms with E-state index in [0.717, 1.165) is 6.42 Å². The van der Waals surface area contributed by atoms with Gasteiger partial charge >= 0.3 is 0 Å². The summed E-state index contributed by atoms with van der Waals surface area (Å²) in [5.41, 5.74) is 6.22. The van der Waals surface area contributed by atoms with Crippen molar-refractivity contribution < 1.29 is 4.39 Å². The van der Waals surface area contributed by atoms with Crippen molar-refractivity contribution in [2.45, 2.75) is 6.42 Å². The van der Waals surface area contributed by atoms with Crippen LogP contribution < -0.4 is 10.6 Å². The van der Waals surface area contributed by atoms with Crippen molar-refractivity contribution in [1.82, 2.24) is 9.97 Å². The normalized spacial score (nSPS) is 10.5. The molecule has 2 aromatic rings. The summed E-state index contributed by atoms with van der Waals surface area (Å²) in [6.07, 6.45) is 3.67. The Hall–Kier alpha value is -1.72. The standard InChI is InChI=1S/C13H14ClFN4/c14-12-8-17-9-18-13(12)19(6-2-5-16)11-4-1-3-10(15)7-11/h1,3-4,7-9H,2,5-6,16H2. The van der Waals surface area contributed by atoms with Gasteiger partial charge in [0.15, 0.2) is 5.82 Å². The number of rotatable bonds is 5. The molecule has 2 rings (SSSR count). The van der Waals surface area contributed by atoms with Gasteiger partial charge in [-0.3, -0.25) is 0 Å². The first-order valence-corrected chi connectivity index (χ1v) is 6.29. The van der Waals surface area contributed by atoms with Crippen molar-refractivity contribution in [1.29, 1.82) is 0 Å². The molecule has 6 heteroatoms. The fourth-order valence-corrected chi connectivity index (χ4v) is 1.96. The van der Waals surface area contributed by atoms with E-state index >= 15 is 0 Å². The van der Waals surface area contributed by atoms with Crippen molar-refractivity contribution in [3.63, 3.8) is 0 Å². The van der Waals surface area contributed by atoms with Crippen LogP contribution in [0.4, 0.5) is 15.9 Å². The molecule has 2 N–H and O–H groups in total. The molecule has 100 valence electrons. The maximum absolute atomic E-state index is 13.3. The first kappa shape index (κ1) is 13.7. The maximum atomic E-state index is 13.3. The minimum Gasteiger partial charge on any atom is -0.330 e. The van der Waals surface area contributed by atoms with Gasteiger partial charge in [-0.1, -0.05) is 17.7 Å².